The Balaban J connectivity index is 1.52. The molecule has 178 valence electrons. The lowest BCUT2D eigenvalue weighted by Gasteiger charge is -2.17. The maximum Gasteiger partial charge on any atom is 0.461 e. The molecule has 0 fully saturated rings. The number of nitrogens with one attached hydrogen (secondary N) is 1. The van der Waals surface area contributed by atoms with Crippen molar-refractivity contribution in [1.82, 2.24) is 14.5 Å². The fourth-order valence-electron chi connectivity index (χ4n) is 3.18. The first-order valence-electron chi connectivity index (χ1n) is 9.96. The van der Waals surface area contributed by atoms with Gasteiger partial charge in [-0.25, -0.2) is 9.97 Å². The fraction of sp³-hybridized carbons (Fsp3) is 0.182. The Morgan fingerprint density at radius 3 is 2.62 bits per heavy atom. The first-order valence-corrected chi connectivity index (χ1v) is 10.3. The van der Waals surface area contributed by atoms with Crippen LogP contribution in [0.25, 0.3) is 11.0 Å². The number of anilines is 2. The minimum absolute atomic E-state index is 0.0716. The van der Waals surface area contributed by atoms with Gasteiger partial charge in [-0.3, -0.25) is 0 Å². The van der Waals surface area contributed by atoms with E-state index < -0.39 is 18.3 Å². The topological polar surface area (TPSA) is 87.2 Å². The second-order valence-corrected chi connectivity index (χ2v) is 7.47. The van der Waals surface area contributed by atoms with E-state index in [2.05, 4.69) is 20.0 Å². The van der Waals surface area contributed by atoms with Gasteiger partial charge in [0.05, 0.1) is 10.5 Å². The van der Waals surface area contributed by atoms with Crippen LogP contribution in [0.3, 0.4) is 0 Å². The summed E-state index contributed by atoms with van der Waals surface area (Å²) in [5.41, 5.74) is 7.80. The molecule has 0 aliphatic rings. The Kier molecular flexibility index (Phi) is 6.75. The maximum atomic E-state index is 13.2. The zero-order valence-electron chi connectivity index (χ0n) is 17.4. The molecule has 2 aromatic carbocycles. The number of hydrogen-bond acceptors (Lipinski definition) is 6. The molecule has 0 aliphatic heterocycles. The molecule has 0 saturated heterocycles. The quantitative estimate of drug-likeness (QED) is 0.285. The summed E-state index contributed by atoms with van der Waals surface area (Å²) in [7, 11) is 0. The minimum atomic E-state index is -4.62. The van der Waals surface area contributed by atoms with Crippen LogP contribution in [-0.2, 0) is 6.54 Å². The highest BCUT2D eigenvalue weighted by atomic mass is 35.5. The van der Waals surface area contributed by atoms with Crippen LogP contribution in [0.4, 0.5) is 29.1 Å². The molecule has 0 spiro atoms. The average Bonchev–Trinajstić information content (AvgIpc) is 3.20. The standard InChI is InChI=1S/C22H18ClF4N5O2/c23-16-10-13(31-20-19-17(29-12-30-20)6-8-32(19)9-7-28)4-5-18(16)33-14-2-1-3-15(11-14)34-22(26,27)21(24)25/h1-6,8,10-12,21H,7,9,28H2,(H,29,30,31). The summed E-state index contributed by atoms with van der Waals surface area (Å²) in [4.78, 5) is 8.55. The van der Waals surface area contributed by atoms with E-state index in [0.717, 1.165) is 23.2 Å². The highest BCUT2D eigenvalue weighted by Crippen LogP contribution is 2.35. The molecule has 0 amide bonds. The number of ether oxygens (including phenoxy) is 2. The molecule has 3 N–H and O–H groups in total. The predicted molar refractivity (Wildman–Crippen MR) is 119 cm³/mol. The van der Waals surface area contributed by atoms with Crippen LogP contribution in [-0.4, -0.2) is 33.6 Å². The van der Waals surface area contributed by atoms with Gasteiger partial charge in [0.25, 0.3) is 0 Å². The van der Waals surface area contributed by atoms with Gasteiger partial charge in [-0.15, -0.1) is 0 Å². The third-order valence-corrected chi connectivity index (χ3v) is 4.95. The first-order chi connectivity index (χ1) is 16.3. The number of rotatable bonds is 9. The third-order valence-electron chi connectivity index (χ3n) is 4.66. The normalized spacial score (nSPS) is 11.7. The van der Waals surface area contributed by atoms with Gasteiger partial charge >= 0.3 is 12.5 Å². The van der Waals surface area contributed by atoms with Gasteiger partial charge in [-0.2, -0.15) is 17.6 Å². The Labute approximate surface area is 196 Å². The van der Waals surface area contributed by atoms with Gasteiger partial charge in [-0.1, -0.05) is 17.7 Å². The smallest absolute Gasteiger partial charge is 0.456 e. The van der Waals surface area contributed by atoms with E-state index in [0.29, 0.717) is 24.6 Å². The number of nitrogens with zero attached hydrogens (tertiary/aromatic N) is 3. The van der Waals surface area contributed by atoms with Gasteiger partial charge in [-0.05, 0) is 36.4 Å². The number of benzene rings is 2. The third kappa shape index (κ3) is 5.15. The second-order valence-electron chi connectivity index (χ2n) is 7.07. The lowest BCUT2D eigenvalue weighted by Crippen LogP contribution is -2.33. The molecule has 34 heavy (non-hydrogen) atoms. The van der Waals surface area contributed by atoms with E-state index in [-0.39, 0.29) is 16.5 Å². The summed E-state index contributed by atoms with van der Waals surface area (Å²) >= 11 is 6.34. The molecule has 12 heteroatoms. The number of hydrogen-bond donors (Lipinski definition) is 2. The Bertz CT molecular complexity index is 1300. The number of fused-ring (bicyclic) bond motifs is 1. The molecule has 2 heterocycles. The molecule has 7 nitrogen and oxygen atoms in total. The summed E-state index contributed by atoms with van der Waals surface area (Å²) < 4.78 is 62.7. The van der Waals surface area contributed by atoms with E-state index in [1.807, 2.05) is 16.8 Å². The predicted octanol–water partition coefficient (Wildman–Crippen LogP) is 5.82. The van der Waals surface area contributed by atoms with E-state index in [4.69, 9.17) is 22.1 Å². The van der Waals surface area contributed by atoms with Crippen molar-refractivity contribution in [2.75, 3.05) is 11.9 Å². The summed E-state index contributed by atoms with van der Waals surface area (Å²) in [6, 6.07) is 11.6. The van der Waals surface area contributed by atoms with Crippen molar-refractivity contribution in [3.63, 3.8) is 0 Å². The Morgan fingerprint density at radius 2 is 1.88 bits per heavy atom. The number of halogens is 5. The van der Waals surface area contributed by atoms with Gasteiger partial charge in [0.2, 0.25) is 0 Å². The van der Waals surface area contributed by atoms with Crippen molar-refractivity contribution in [3.05, 3.63) is 66.1 Å². The molecule has 0 aliphatic carbocycles. The fourth-order valence-corrected chi connectivity index (χ4v) is 3.40. The van der Waals surface area contributed by atoms with Crippen LogP contribution in [0.2, 0.25) is 5.02 Å². The van der Waals surface area contributed by atoms with Gasteiger partial charge in [0.1, 0.15) is 29.1 Å². The van der Waals surface area contributed by atoms with E-state index in [9.17, 15) is 17.6 Å². The lowest BCUT2D eigenvalue weighted by molar-refractivity contribution is -0.253. The summed E-state index contributed by atoms with van der Waals surface area (Å²) in [5, 5.41) is 3.39. The number of alkyl halides is 4. The Hall–Kier alpha value is -3.57. The monoisotopic (exact) mass is 495 g/mol. The molecule has 0 saturated carbocycles. The van der Waals surface area contributed by atoms with Crippen LogP contribution in [0.15, 0.2) is 61.1 Å². The van der Waals surface area contributed by atoms with E-state index in [1.165, 1.54) is 18.5 Å². The largest absolute Gasteiger partial charge is 0.461 e. The first kappa shape index (κ1) is 23.6. The molecular weight excluding hydrogens is 478 g/mol. The highest BCUT2D eigenvalue weighted by Gasteiger charge is 2.44. The van der Waals surface area contributed by atoms with Crippen LogP contribution in [0, 0.1) is 0 Å². The van der Waals surface area contributed by atoms with Crippen molar-refractivity contribution in [2.24, 2.45) is 5.73 Å². The molecule has 2 aromatic heterocycles. The average molecular weight is 496 g/mol. The number of nitrogens with two attached hydrogens (primary N) is 1. The van der Waals surface area contributed by atoms with Gasteiger partial charge in [0.15, 0.2) is 5.82 Å². The zero-order chi connectivity index (χ0) is 24.3. The highest BCUT2D eigenvalue weighted by molar-refractivity contribution is 6.32. The number of aromatic nitrogens is 3. The van der Waals surface area contributed by atoms with Crippen LogP contribution in [0.1, 0.15) is 0 Å². The van der Waals surface area contributed by atoms with Crippen molar-refractivity contribution >= 4 is 34.1 Å². The van der Waals surface area contributed by atoms with E-state index in [1.54, 1.807) is 18.2 Å². The van der Waals surface area contributed by atoms with Gasteiger partial charge < -0.3 is 25.1 Å². The molecule has 0 bridgehead atoms. The Morgan fingerprint density at radius 1 is 1.09 bits per heavy atom. The molecule has 0 radical (unpaired) electrons. The minimum Gasteiger partial charge on any atom is -0.456 e. The SMILES string of the molecule is NCCn1ccc2ncnc(Nc3ccc(Oc4cccc(OC(F)(F)C(F)F)c4)c(Cl)c3)c21. The molecular formula is C22H18ClF4N5O2. The summed E-state index contributed by atoms with van der Waals surface area (Å²) in [6.07, 6.45) is -5.29. The molecule has 0 atom stereocenters. The molecule has 4 aromatic rings. The lowest BCUT2D eigenvalue weighted by atomic mass is 10.2. The zero-order valence-corrected chi connectivity index (χ0v) is 18.1. The van der Waals surface area contributed by atoms with Crippen LogP contribution in [0.5, 0.6) is 17.2 Å². The second kappa shape index (κ2) is 9.74. The van der Waals surface area contributed by atoms with Crippen LogP contribution < -0.4 is 20.5 Å². The molecule has 4 rings (SSSR count). The van der Waals surface area contributed by atoms with Crippen molar-refractivity contribution < 1.29 is 27.0 Å². The molecule has 0 unspecified atom stereocenters. The van der Waals surface area contributed by atoms with E-state index >= 15 is 0 Å². The summed E-state index contributed by atoms with van der Waals surface area (Å²) in [6.45, 7) is 1.03. The maximum absolute atomic E-state index is 13.2. The van der Waals surface area contributed by atoms with Crippen molar-refractivity contribution in [3.8, 4) is 17.2 Å². The summed E-state index contributed by atoms with van der Waals surface area (Å²) in [5.74, 6) is 0.357. The van der Waals surface area contributed by atoms with Crippen molar-refractivity contribution in [1.29, 1.82) is 0 Å². The van der Waals surface area contributed by atoms with Gasteiger partial charge in [0, 0.05) is 31.0 Å². The van der Waals surface area contributed by atoms with Crippen LogP contribution >= 0.6 is 11.6 Å². The van der Waals surface area contributed by atoms with Crippen molar-refractivity contribution in [2.45, 2.75) is 19.1 Å².